The largest absolute Gasteiger partial charge is 0.628 e. The number of nitrogens with one attached hydrogen (secondary N) is 1. The smallest absolute Gasteiger partial charge is 0.201 e. The number of nitrogens with zero attached hydrogens (tertiary/aromatic N) is 1. The molecule has 1 rings (SSSR count). The average molecular weight is 367 g/mol. The Morgan fingerprint density at radius 3 is 2.04 bits per heavy atom. The zero-order chi connectivity index (χ0) is 19.0. The molecule has 0 aromatic rings. The van der Waals surface area contributed by atoms with E-state index < -0.39 is 6.10 Å². The molecule has 0 aromatic heterocycles. The van der Waals surface area contributed by atoms with E-state index in [9.17, 15) is 10.3 Å². The van der Waals surface area contributed by atoms with Crippen LogP contribution >= 0.6 is 0 Å². The number of unbranched alkanes of at least 4 members (excludes halogenated alkanes) is 12. The first kappa shape index (κ1) is 23.3. The number of allylic oxidation sites excluding steroid dienone is 1. The van der Waals surface area contributed by atoms with Gasteiger partial charge in [-0.3, -0.25) is 0 Å². The molecule has 0 aromatic carbocycles. The van der Waals surface area contributed by atoms with E-state index >= 15 is 0 Å². The molecular weight excluding hydrogens is 324 g/mol. The van der Waals surface area contributed by atoms with Crippen LogP contribution in [0.25, 0.3) is 0 Å². The summed E-state index contributed by atoms with van der Waals surface area (Å²) in [6.45, 7) is 4.35. The monoisotopic (exact) mass is 366 g/mol. The fourth-order valence-electron chi connectivity index (χ4n) is 3.49. The van der Waals surface area contributed by atoms with E-state index in [0.29, 0.717) is 18.8 Å². The second-order valence-corrected chi connectivity index (χ2v) is 7.86. The number of rotatable bonds is 16. The van der Waals surface area contributed by atoms with Gasteiger partial charge in [0.05, 0.1) is 12.5 Å². The third-order valence-corrected chi connectivity index (χ3v) is 5.30. The van der Waals surface area contributed by atoms with Crippen LogP contribution in [0.3, 0.4) is 0 Å². The Balaban J connectivity index is 1.89. The molecule has 4 nitrogen and oxygen atoms in total. The normalized spacial score (nSPS) is 21.5. The minimum absolute atomic E-state index is 0.103. The zero-order valence-corrected chi connectivity index (χ0v) is 17.2. The van der Waals surface area contributed by atoms with E-state index in [2.05, 4.69) is 24.1 Å². The first-order valence-electron chi connectivity index (χ1n) is 11.1. The van der Waals surface area contributed by atoms with E-state index in [1.165, 1.54) is 77.0 Å². The van der Waals surface area contributed by atoms with E-state index in [4.69, 9.17) is 0 Å². The maximum absolute atomic E-state index is 11.8. The first-order chi connectivity index (χ1) is 12.6. The summed E-state index contributed by atoms with van der Waals surface area (Å²) >= 11 is 0. The summed E-state index contributed by atoms with van der Waals surface area (Å²) in [6, 6.07) is -0.220. The number of aliphatic imine (C=N–C) groups is 1. The van der Waals surface area contributed by atoms with Crippen LogP contribution in [0.15, 0.2) is 17.1 Å². The Morgan fingerprint density at radius 1 is 1.00 bits per heavy atom. The van der Waals surface area contributed by atoms with Crippen LogP contribution in [0.5, 0.6) is 0 Å². The van der Waals surface area contributed by atoms with Gasteiger partial charge in [0.25, 0.3) is 0 Å². The lowest BCUT2D eigenvalue weighted by molar-refractivity contribution is -0.743. The molecular formula is C22H42N2O2. The molecule has 1 aliphatic rings. The summed E-state index contributed by atoms with van der Waals surface area (Å²) in [5, 5.41) is 21.4. The quantitative estimate of drug-likeness (QED) is 0.239. The molecule has 26 heavy (non-hydrogen) atoms. The van der Waals surface area contributed by atoms with Crippen LogP contribution in [-0.4, -0.2) is 29.6 Å². The van der Waals surface area contributed by atoms with Gasteiger partial charge in [0.1, 0.15) is 12.6 Å². The van der Waals surface area contributed by atoms with Gasteiger partial charge in [-0.2, -0.15) is 0 Å². The van der Waals surface area contributed by atoms with Crippen molar-refractivity contribution >= 4 is 5.84 Å². The molecule has 0 saturated heterocycles. The minimum Gasteiger partial charge on any atom is -0.628 e. The van der Waals surface area contributed by atoms with Crippen molar-refractivity contribution in [1.29, 1.82) is 0 Å². The lowest BCUT2D eigenvalue weighted by Gasteiger charge is -2.17. The highest BCUT2D eigenvalue weighted by atomic mass is 16.5. The van der Waals surface area contributed by atoms with Gasteiger partial charge in [-0.05, 0) is 19.8 Å². The molecule has 0 amide bonds. The van der Waals surface area contributed by atoms with Crippen molar-refractivity contribution in [1.82, 2.24) is 0 Å². The fourth-order valence-corrected chi connectivity index (χ4v) is 3.49. The summed E-state index contributed by atoms with van der Waals surface area (Å²) < 4.78 is 0. The van der Waals surface area contributed by atoms with Gasteiger partial charge in [-0.25, -0.2) is 4.99 Å². The second-order valence-electron chi connectivity index (χ2n) is 7.86. The van der Waals surface area contributed by atoms with Crippen LogP contribution in [0, 0.1) is 5.21 Å². The fraction of sp³-hybridized carbons (Fsp3) is 0.864. The average Bonchev–Trinajstić information content (AvgIpc) is 2.99. The van der Waals surface area contributed by atoms with E-state index in [-0.39, 0.29) is 11.1 Å². The van der Waals surface area contributed by atoms with Crippen molar-refractivity contribution in [2.24, 2.45) is 4.99 Å². The summed E-state index contributed by atoms with van der Waals surface area (Å²) in [5.41, 5.74) is 0. The Labute approximate surface area is 161 Å². The molecule has 0 spiro atoms. The Morgan fingerprint density at radius 2 is 1.54 bits per heavy atom. The van der Waals surface area contributed by atoms with Crippen LogP contribution in [0.2, 0.25) is 0 Å². The Hall–Kier alpha value is -0.710. The number of aliphatic hydroxyl groups is 1. The van der Waals surface area contributed by atoms with Gasteiger partial charge in [-0.1, -0.05) is 89.7 Å². The van der Waals surface area contributed by atoms with Crippen molar-refractivity contribution in [3.63, 3.8) is 0 Å². The molecule has 3 atom stereocenters. The number of quaternary nitrogens is 1. The standard InChI is InChI=1S/C22H42N2O2/c1-3-4-5-6-7-8-9-10-11-12-13-14-15-16-17-18-22-23-21(20(2)25)19-24(22)26/h16-17,20-21,24-25H,3-15,18-19H2,1-2H3. The van der Waals surface area contributed by atoms with Crippen molar-refractivity contribution in [3.05, 3.63) is 17.4 Å². The molecule has 2 N–H and O–H groups in total. The first-order valence-corrected chi connectivity index (χ1v) is 11.1. The van der Waals surface area contributed by atoms with Crippen molar-refractivity contribution < 1.29 is 10.2 Å². The predicted octanol–water partition coefficient (Wildman–Crippen LogP) is 4.57. The van der Waals surface area contributed by atoms with Crippen molar-refractivity contribution in [2.45, 2.75) is 116 Å². The number of hydroxylamine groups is 2. The lowest BCUT2D eigenvalue weighted by atomic mass is 10.0. The summed E-state index contributed by atoms with van der Waals surface area (Å²) in [4.78, 5) is 4.34. The van der Waals surface area contributed by atoms with E-state index in [0.717, 1.165) is 6.42 Å². The molecule has 1 heterocycles. The van der Waals surface area contributed by atoms with Gasteiger partial charge in [0.2, 0.25) is 5.84 Å². The van der Waals surface area contributed by atoms with Gasteiger partial charge in [-0.15, -0.1) is 0 Å². The Bertz CT molecular complexity index is 394. The molecule has 0 aliphatic carbocycles. The van der Waals surface area contributed by atoms with Crippen molar-refractivity contribution in [2.75, 3.05) is 6.54 Å². The van der Waals surface area contributed by atoms with Gasteiger partial charge in [0, 0.05) is 0 Å². The number of hydrogen-bond acceptors (Lipinski definition) is 3. The number of hydrogen-bond donors (Lipinski definition) is 2. The third kappa shape index (κ3) is 11.1. The molecule has 0 saturated carbocycles. The van der Waals surface area contributed by atoms with Gasteiger partial charge < -0.3 is 15.4 Å². The van der Waals surface area contributed by atoms with Gasteiger partial charge in [0.15, 0.2) is 0 Å². The predicted molar refractivity (Wildman–Crippen MR) is 112 cm³/mol. The minimum atomic E-state index is -0.526. The molecule has 1 aliphatic heterocycles. The highest BCUT2D eigenvalue weighted by Crippen LogP contribution is 2.12. The van der Waals surface area contributed by atoms with Crippen molar-refractivity contribution in [3.8, 4) is 0 Å². The van der Waals surface area contributed by atoms with Crippen LogP contribution in [-0.2, 0) is 0 Å². The lowest BCUT2D eigenvalue weighted by Crippen LogP contribution is -3.09. The molecule has 0 bridgehead atoms. The maximum Gasteiger partial charge on any atom is 0.201 e. The van der Waals surface area contributed by atoms with E-state index in [1.807, 2.05) is 0 Å². The summed E-state index contributed by atoms with van der Waals surface area (Å²) in [5.74, 6) is 0.641. The SMILES string of the molecule is CCCCCCCCCCCCCCC=CCC1=NC(C(C)O)C[NH+]1[O-]. The third-order valence-electron chi connectivity index (χ3n) is 5.30. The van der Waals surface area contributed by atoms with Crippen LogP contribution < -0.4 is 5.06 Å². The molecule has 0 fully saturated rings. The topological polar surface area (TPSA) is 60.1 Å². The number of aliphatic hydroxyl groups excluding tert-OH is 1. The highest BCUT2D eigenvalue weighted by Gasteiger charge is 2.27. The molecule has 0 radical (unpaired) electrons. The number of amidine groups is 1. The molecule has 3 unspecified atom stereocenters. The Kier molecular flexibility index (Phi) is 13.8. The summed E-state index contributed by atoms with van der Waals surface area (Å²) in [7, 11) is 0. The van der Waals surface area contributed by atoms with Crippen LogP contribution in [0.4, 0.5) is 0 Å². The maximum atomic E-state index is 11.8. The van der Waals surface area contributed by atoms with E-state index in [1.54, 1.807) is 6.92 Å². The highest BCUT2D eigenvalue weighted by molar-refractivity contribution is 5.76. The zero-order valence-electron chi connectivity index (χ0n) is 17.2. The van der Waals surface area contributed by atoms with Crippen LogP contribution in [0.1, 0.15) is 104 Å². The summed E-state index contributed by atoms with van der Waals surface area (Å²) in [6.07, 6.45) is 22.0. The second kappa shape index (κ2) is 15.4. The molecule has 152 valence electrons. The van der Waals surface area contributed by atoms with Gasteiger partial charge >= 0.3 is 0 Å². The molecule has 4 heteroatoms.